The van der Waals surface area contributed by atoms with Gasteiger partial charge in [-0.3, -0.25) is 4.79 Å². The zero-order valence-corrected chi connectivity index (χ0v) is 19.4. The van der Waals surface area contributed by atoms with Crippen molar-refractivity contribution in [2.45, 2.75) is 97.8 Å². The van der Waals surface area contributed by atoms with E-state index in [0.29, 0.717) is 17.3 Å². The molecular weight excluding hydrogens is 356 g/mol. The number of hydrogen-bond donors (Lipinski definition) is 0. The first-order valence-electron chi connectivity index (χ1n) is 13.0. The number of esters is 1. The van der Waals surface area contributed by atoms with Crippen LogP contribution in [0.1, 0.15) is 97.8 Å². The Kier molecular flexibility index (Phi) is 5.11. The first kappa shape index (κ1) is 20.4. The molecule has 8 unspecified atom stereocenters. The average molecular weight is 401 g/mol. The van der Waals surface area contributed by atoms with Crippen molar-refractivity contribution in [2.75, 3.05) is 7.11 Å². The van der Waals surface area contributed by atoms with Crippen molar-refractivity contribution in [3.05, 3.63) is 0 Å². The molecule has 0 aromatic carbocycles. The molecule has 0 heterocycles. The van der Waals surface area contributed by atoms with Gasteiger partial charge < -0.3 is 4.74 Å². The number of carbonyl (C=O) groups excluding carboxylic acids is 1. The van der Waals surface area contributed by atoms with E-state index in [1.54, 1.807) is 19.3 Å². The van der Waals surface area contributed by atoms with E-state index < -0.39 is 0 Å². The molecule has 0 bridgehead atoms. The SMILES string of the molecule is CC[C@H]1CC2C3CCC(CCCC(=O)OC)C3(C)CC[C@@H]2C2(C)CC3CC3CC12. The Labute approximate surface area is 178 Å². The van der Waals surface area contributed by atoms with Crippen molar-refractivity contribution in [3.63, 3.8) is 0 Å². The summed E-state index contributed by atoms with van der Waals surface area (Å²) in [6.45, 7) is 7.88. The summed E-state index contributed by atoms with van der Waals surface area (Å²) in [4.78, 5) is 11.6. The summed E-state index contributed by atoms with van der Waals surface area (Å²) in [5, 5.41) is 0. The standard InChI is InChI=1S/C27H44O2/c1-5-17-14-21-22-10-9-20(7-6-8-25(28)29-4)26(22,2)12-11-23(21)27(3)16-19-13-18(19)15-24(17)27/h17-24H,5-16H2,1-4H3/t17-,18?,19?,20?,21?,22?,23-,24?,26?,27?/m0/s1. The summed E-state index contributed by atoms with van der Waals surface area (Å²) < 4.78 is 4.88. The molecule has 0 N–H and O–H groups in total. The van der Waals surface area contributed by atoms with Gasteiger partial charge >= 0.3 is 5.97 Å². The smallest absolute Gasteiger partial charge is 0.305 e. The van der Waals surface area contributed by atoms with E-state index in [4.69, 9.17) is 4.74 Å². The van der Waals surface area contributed by atoms with Gasteiger partial charge in [0.25, 0.3) is 0 Å². The zero-order valence-electron chi connectivity index (χ0n) is 19.4. The molecule has 2 heteroatoms. The van der Waals surface area contributed by atoms with E-state index in [2.05, 4.69) is 20.8 Å². The van der Waals surface area contributed by atoms with Crippen molar-refractivity contribution < 1.29 is 9.53 Å². The largest absolute Gasteiger partial charge is 0.469 e. The van der Waals surface area contributed by atoms with E-state index in [1.807, 2.05) is 0 Å². The molecule has 0 aromatic heterocycles. The normalized spacial score (nSPS) is 52.7. The molecule has 164 valence electrons. The van der Waals surface area contributed by atoms with Crippen LogP contribution in [0.2, 0.25) is 0 Å². The maximum Gasteiger partial charge on any atom is 0.305 e. The van der Waals surface area contributed by atoms with Crippen LogP contribution >= 0.6 is 0 Å². The highest BCUT2D eigenvalue weighted by atomic mass is 16.5. The zero-order chi connectivity index (χ0) is 20.4. The maximum atomic E-state index is 11.6. The highest BCUT2D eigenvalue weighted by Crippen LogP contribution is 2.72. The molecule has 0 radical (unpaired) electrons. The molecule has 5 fully saturated rings. The molecule has 5 rings (SSSR count). The van der Waals surface area contributed by atoms with Gasteiger partial charge in [0.05, 0.1) is 7.11 Å². The van der Waals surface area contributed by atoms with Crippen LogP contribution in [-0.2, 0) is 9.53 Å². The number of fused-ring (bicyclic) bond motifs is 6. The minimum Gasteiger partial charge on any atom is -0.469 e. The van der Waals surface area contributed by atoms with Gasteiger partial charge in [0, 0.05) is 6.42 Å². The fourth-order valence-electron chi connectivity index (χ4n) is 9.90. The molecule has 10 atom stereocenters. The van der Waals surface area contributed by atoms with E-state index >= 15 is 0 Å². The number of hydrogen-bond acceptors (Lipinski definition) is 2. The number of rotatable bonds is 5. The fraction of sp³-hybridized carbons (Fsp3) is 0.963. The van der Waals surface area contributed by atoms with Crippen molar-refractivity contribution in [1.29, 1.82) is 0 Å². The lowest BCUT2D eigenvalue weighted by atomic mass is 9.42. The highest BCUT2D eigenvalue weighted by molar-refractivity contribution is 5.68. The summed E-state index contributed by atoms with van der Waals surface area (Å²) in [5.74, 6) is 7.97. The monoisotopic (exact) mass is 400 g/mol. The van der Waals surface area contributed by atoms with Crippen LogP contribution in [-0.4, -0.2) is 13.1 Å². The summed E-state index contributed by atoms with van der Waals surface area (Å²) in [6, 6.07) is 0. The molecule has 0 aliphatic heterocycles. The Hall–Kier alpha value is -0.530. The molecule has 5 aliphatic carbocycles. The third-order valence-electron chi connectivity index (χ3n) is 11.5. The average Bonchev–Trinajstić information content (AvgIpc) is 3.37. The highest BCUT2D eigenvalue weighted by Gasteiger charge is 2.64. The number of methoxy groups -OCH3 is 1. The molecular formula is C27H44O2. The lowest BCUT2D eigenvalue weighted by molar-refractivity contribution is -0.141. The fourth-order valence-corrected chi connectivity index (χ4v) is 9.90. The Morgan fingerprint density at radius 1 is 0.966 bits per heavy atom. The number of ether oxygens (including phenoxy) is 1. The van der Waals surface area contributed by atoms with Gasteiger partial charge in [-0.2, -0.15) is 0 Å². The van der Waals surface area contributed by atoms with Gasteiger partial charge in [0.1, 0.15) is 0 Å². The van der Waals surface area contributed by atoms with E-state index in [1.165, 1.54) is 52.1 Å². The third kappa shape index (κ3) is 3.13. The molecule has 0 saturated heterocycles. The Bertz CT molecular complexity index is 642. The predicted octanol–water partition coefficient (Wildman–Crippen LogP) is 6.87. The quantitative estimate of drug-likeness (QED) is 0.471. The van der Waals surface area contributed by atoms with Crippen LogP contribution < -0.4 is 0 Å². The molecule has 0 amide bonds. The van der Waals surface area contributed by atoms with E-state index in [-0.39, 0.29) is 5.97 Å². The van der Waals surface area contributed by atoms with Crippen molar-refractivity contribution >= 4 is 5.97 Å². The molecule has 2 nitrogen and oxygen atoms in total. The second-order valence-corrected chi connectivity index (χ2v) is 12.4. The molecule has 0 aromatic rings. The van der Waals surface area contributed by atoms with Gasteiger partial charge in [-0.05, 0) is 122 Å². The molecule has 5 saturated carbocycles. The first-order chi connectivity index (χ1) is 13.9. The Morgan fingerprint density at radius 2 is 1.76 bits per heavy atom. The van der Waals surface area contributed by atoms with Crippen molar-refractivity contribution in [3.8, 4) is 0 Å². The minimum absolute atomic E-state index is 0.0267. The topological polar surface area (TPSA) is 26.3 Å². The second-order valence-electron chi connectivity index (χ2n) is 12.4. The summed E-state index contributed by atoms with van der Waals surface area (Å²) in [6.07, 6.45) is 16.3. The lowest BCUT2D eigenvalue weighted by Crippen LogP contribution is -2.55. The van der Waals surface area contributed by atoms with Gasteiger partial charge in [-0.25, -0.2) is 0 Å². The van der Waals surface area contributed by atoms with Gasteiger partial charge in [0.15, 0.2) is 0 Å². The second kappa shape index (κ2) is 7.27. The van der Waals surface area contributed by atoms with Crippen LogP contribution in [0.3, 0.4) is 0 Å². The number of carbonyl (C=O) groups is 1. The van der Waals surface area contributed by atoms with Crippen molar-refractivity contribution in [2.24, 2.45) is 58.2 Å². The summed E-state index contributed by atoms with van der Waals surface area (Å²) in [7, 11) is 1.52. The summed E-state index contributed by atoms with van der Waals surface area (Å²) in [5.41, 5.74) is 1.18. The molecule has 29 heavy (non-hydrogen) atoms. The third-order valence-corrected chi connectivity index (χ3v) is 11.5. The summed E-state index contributed by atoms with van der Waals surface area (Å²) >= 11 is 0. The van der Waals surface area contributed by atoms with Crippen LogP contribution in [0.4, 0.5) is 0 Å². The lowest BCUT2D eigenvalue weighted by Gasteiger charge is -2.62. The Balaban J connectivity index is 1.34. The Morgan fingerprint density at radius 3 is 2.52 bits per heavy atom. The molecule has 5 aliphatic rings. The molecule has 0 spiro atoms. The van der Waals surface area contributed by atoms with E-state index in [9.17, 15) is 4.79 Å². The van der Waals surface area contributed by atoms with Crippen LogP contribution in [0.25, 0.3) is 0 Å². The van der Waals surface area contributed by atoms with Crippen LogP contribution in [0.5, 0.6) is 0 Å². The van der Waals surface area contributed by atoms with Gasteiger partial charge in [-0.15, -0.1) is 0 Å². The van der Waals surface area contributed by atoms with Gasteiger partial charge in [0.2, 0.25) is 0 Å². The van der Waals surface area contributed by atoms with Gasteiger partial charge in [-0.1, -0.05) is 27.2 Å². The van der Waals surface area contributed by atoms with E-state index in [0.717, 1.165) is 53.8 Å². The van der Waals surface area contributed by atoms with Crippen LogP contribution in [0.15, 0.2) is 0 Å². The van der Waals surface area contributed by atoms with Crippen LogP contribution in [0, 0.1) is 58.2 Å². The predicted molar refractivity (Wildman–Crippen MR) is 117 cm³/mol. The first-order valence-corrected chi connectivity index (χ1v) is 13.0. The maximum absolute atomic E-state index is 11.6. The van der Waals surface area contributed by atoms with Crippen molar-refractivity contribution in [1.82, 2.24) is 0 Å². The minimum atomic E-state index is -0.0267.